The van der Waals surface area contributed by atoms with Crippen LogP contribution in [0.1, 0.15) is 30.4 Å². The van der Waals surface area contributed by atoms with Crippen LogP contribution in [-0.2, 0) is 0 Å². The topological polar surface area (TPSA) is 65.7 Å². The van der Waals surface area contributed by atoms with Crippen LogP contribution < -0.4 is 10.6 Å². The molecule has 5 aromatic heterocycles. The second-order valence-corrected chi connectivity index (χ2v) is 18.6. The van der Waals surface area contributed by atoms with Gasteiger partial charge in [0, 0.05) is 59.8 Å². The predicted octanol–water partition coefficient (Wildman–Crippen LogP) is 17.3. The van der Waals surface area contributed by atoms with Gasteiger partial charge in [-0.15, -0.1) is 0 Å². The van der Waals surface area contributed by atoms with Gasteiger partial charge in [-0.25, -0.2) is 0 Å². The molecule has 5 heteroatoms. The molecule has 0 bridgehead atoms. The molecule has 0 saturated carbocycles. The van der Waals surface area contributed by atoms with Crippen LogP contribution in [0, 0.1) is 0 Å². The Morgan fingerprint density at radius 1 is 0.400 bits per heavy atom. The molecule has 0 amide bonds. The molecule has 70 heavy (non-hydrogen) atoms. The Morgan fingerprint density at radius 2 is 0.871 bits per heavy atom. The normalized spacial score (nSPS) is 14.0. The van der Waals surface area contributed by atoms with Crippen LogP contribution in [0.3, 0.4) is 0 Å². The smallest absolute Gasteiger partial charge is 0.178 e. The largest absolute Gasteiger partial charge is 0.464 e. The number of hydrogen-bond acceptors (Lipinski definition) is 5. The molecular formula is C65H40O5. The molecule has 0 aliphatic heterocycles. The minimum absolute atomic E-state index is 0.0882. The number of rotatable bonds is 6. The standard InChI is InChI=1S/C65H40O5/c1-2-9-44-36-66-57-23-14-41(31-52(44)57)45-28-46(42-17-26-60-55(34-42)50-21-19-48-53-32-39(37-10-5-3-6-11-37)15-24-58(53)67-62(48)64(50)69-60)30-47(29-45)43-18-27-61-56(35-43)51-22-20-49-54-33-40(38-12-7-4-8-13-38)16-25-59(54)68-63(49)65(51)70-61/h2-17,19-36,43H,18H2,1H3/b9-2-. The van der Waals surface area contributed by atoms with Gasteiger partial charge in [-0.2, -0.15) is 0 Å². The minimum atomic E-state index is 0.0882. The van der Waals surface area contributed by atoms with Crippen LogP contribution in [0.4, 0.5) is 0 Å². The van der Waals surface area contributed by atoms with E-state index in [1.54, 1.807) is 0 Å². The molecule has 1 unspecified atom stereocenters. The Kier molecular flexibility index (Phi) is 8.34. The molecular weight excluding hydrogens is 861 g/mol. The number of allylic oxidation sites excluding steroid dienone is 1. The van der Waals surface area contributed by atoms with Gasteiger partial charge in [0.05, 0.1) is 6.26 Å². The second kappa shape index (κ2) is 15.0. The van der Waals surface area contributed by atoms with Crippen molar-refractivity contribution in [2.45, 2.75) is 19.3 Å². The quantitative estimate of drug-likeness (QED) is 0.166. The van der Waals surface area contributed by atoms with Crippen LogP contribution in [0.2, 0.25) is 0 Å². The van der Waals surface area contributed by atoms with Gasteiger partial charge in [-0.3, -0.25) is 0 Å². The van der Waals surface area contributed by atoms with E-state index in [2.05, 4.69) is 188 Å². The lowest BCUT2D eigenvalue weighted by molar-refractivity contribution is 0.562. The first-order valence-electron chi connectivity index (χ1n) is 23.9. The van der Waals surface area contributed by atoms with Gasteiger partial charge in [0.1, 0.15) is 27.7 Å². The van der Waals surface area contributed by atoms with Crippen molar-refractivity contribution in [2.75, 3.05) is 0 Å². The monoisotopic (exact) mass is 900 g/mol. The van der Waals surface area contributed by atoms with Crippen molar-refractivity contribution in [3.8, 4) is 44.5 Å². The molecule has 0 spiro atoms. The molecule has 0 N–H and O–H groups in total. The van der Waals surface area contributed by atoms with E-state index in [-0.39, 0.29) is 5.92 Å². The van der Waals surface area contributed by atoms with Gasteiger partial charge in [0.2, 0.25) is 0 Å². The molecule has 5 heterocycles. The summed E-state index contributed by atoms with van der Waals surface area (Å²) in [7, 11) is 0. The van der Waals surface area contributed by atoms with Crippen molar-refractivity contribution in [1.82, 2.24) is 0 Å². The van der Waals surface area contributed by atoms with Crippen molar-refractivity contribution in [3.63, 3.8) is 0 Å². The van der Waals surface area contributed by atoms with Gasteiger partial charge in [0.25, 0.3) is 0 Å². The van der Waals surface area contributed by atoms with Crippen LogP contribution in [0.25, 0.3) is 150 Å². The molecule has 15 rings (SSSR count). The van der Waals surface area contributed by atoms with E-state index < -0.39 is 0 Å². The summed E-state index contributed by atoms with van der Waals surface area (Å²) in [5.74, 6) is 0.0882. The van der Waals surface area contributed by atoms with Gasteiger partial charge in [-0.1, -0.05) is 115 Å². The number of hydrogen-bond donors (Lipinski definition) is 0. The molecule has 330 valence electrons. The van der Waals surface area contributed by atoms with Gasteiger partial charge in [0.15, 0.2) is 22.3 Å². The zero-order valence-electron chi connectivity index (χ0n) is 38.0. The van der Waals surface area contributed by atoms with E-state index in [1.165, 1.54) is 16.7 Å². The van der Waals surface area contributed by atoms with E-state index in [0.717, 1.165) is 144 Å². The summed E-state index contributed by atoms with van der Waals surface area (Å²) in [6, 6.07) is 62.6. The molecule has 5 nitrogen and oxygen atoms in total. The Hall–Kier alpha value is -9.06. The third-order valence-electron chi connectivity index (χ3n) is 14.6. The average Bonchev–Trinajstić information content (AvgIpc) is 4.25. The number of fused-ring (bicyclic) bond motifs is 15. The summed E-state index contributed by atoms with van der Waals surface area (Å²) in [5.41, 5.74) is 18.8. The first-order valence-corrected chi connectivity index (χ1v) is 23.9. The lowest BCUT2D eigenvalue weighted by Gasteiger charge is -2.17. The lowest BCUT2D eigenvalue weighted by atomic mass is 9.86. The van der Waals surface area contributed by atoms with Crippen LogP contribution in [0.5, 0.6) is 0 Å². The van der Waals surface area contributed by atoms with Crippen molar-refractivity contribution < 1.29 is 22.1 Å². The third-order valence-corrected chi connectivity index (χ3v) is 14.6. The highest BCUT2D eigenvalue weighted by molar-refractivity contribution is 6.20. The highest BCUT2D eigenvalue weighted by Gasteiger charge is 2.22. The van der Waals surface area contributed by atoms with Crippen LogP contribution in [-0.4, -0.2) is 0 Å². The lowest BCUT2D eigenvalue weighted by Crippen LogP contribution is -2.25. The van der Waals surface area contributed by atoms with E-state index >= 15 is 0 Å². The summed E-state index contributed by atoms with van der Waals surface area (Å²) in [6.45, 7) is 2.03. The molecule has 1 atom stereocenters. The minimum Gasteiger partial charge on any atom is -0.464 e. The fraction of sp³-hybridized carbons (Fsp3) is 0.0462. The Balaban J connectivity index is 0.868. The van der Waals surface area contributed by atoms with Gasteiger partial charge >= 0.3 is 0 Å². The zero-order valence-corrected chi connectivity index (χ0v) is 38.0. The zero-order chi connectivity index (χ0) is 46.0. The first kappa shape index (κ1) is 39.0. The maximum Gasteiger partial charge on any atom is 0.178 e. The average molecular weight is 901 g/mol. The Labute approximate surface area is 400 Å². The summed E-state index contributed by atoms with van der Waals surface area (Å²) < 4.78 is 32.5. The summed E-state index contributed by atoms with van der Waals surface area (Å²) in [4.78, 5) is 0. The van der Waals surface area contributed by atoms with Crippen molar-refractivity contribution in [3.05, 3.63) is 210 Å². The third kappa shape index (κ3) is 5.98. The number of furan rings is 5. The first-order chi connectivity index (χ1) is 34.6. The summed E-state index contributed by atoms with van der Waals surface area (Å²) in [5, 5.41) is 9.54. The van der Waals surface area contributed by atoms with Gasteiger partial charge < -0.3 is 22.1 Å². The molecule has 0 radical (unpaired) electrons. The van der Waals surface area contributed by atoms with Crippen molar-refractivity contribution >= 4 is 106 Å². The fourth-order valence-electron chi connectivity index (χ4n) is 11.1. The molecule has 1 aliphatic rings. The summed E-state index contributed by atoms with van der Waals surface area (Å²) >= 11 is 0. The van der Waals surface area contributed by atoms with Crippen LogP contribution in [0.15, 0.2) is 210 Å². The van der Waals surface area contributed by atoms with Crippen LogP contribution >= 0.6 is 0 Å². The number of benzene rings is 9. The van der Waals surface area contributed by atoms with E-state index in [0.29, 0.717) is 0 Å². The SMILES string of the molecule is C/C=C\c1coc2ccc(-c3cc(-c4ccc5oc6c(ccc7c8cc(-c9ccccc9)ccc8oc76)c5c4)cc(C4C=c5c(oc6c5ccc5c7cc(-c8ccccc8)ccc7oc56)=CC4)c3)cc12. The summed E-state index contributed by atoms with van der Waals surface area (Å²) in [6.07, 6.45) is 11.4. The van der Waals surface area contributed by atoms with Crippen molar-refractivity contribution in [1.29, 1.82) is 0 Å². The van der Waals surface area contributed by atoms with E-state index in [9.17, 15) is 0 Å². The molecule has 14 aromatic rings. The Morgan fingerprint density at radius 3 is 1.40 bits per heavy atom. The highest BCUT2D eigenvalue weighted by atomic mass is 16.4. The van der Waals surface area contributed by atoms with E-state index in [1.807, 2.05) is 25.3 Å². The van der Waals surface area contributed by atoms with Gasteiger partial charge in [-0.05, 0) is 148 Å². The molecule has 0 saturated heterocycles. The maximum atomic E-state index is 6.71. The molecule has 0 fully saturated rings. The maximum absolute atomic E-state index is 6.71. The predicted molar refractivity (Wildman–Crippen MR) is 286 cm³/mol. The highest BCUT2D eigenvalue weighted by Crippen LogP contribution is 2.43. The van der Waals surface area contributed by atoms with E-state index in [4.69, 9.17) is 22.1 Å². The Bertz CT molecular complexity index is 4630. The second-order valence-electron chi connectivity index (χ2n) is 18.6. The molecule has 9 aromatic carbocycles. The fourth-order valence-corrected chi connectivity index (χ4v) is 11.1. The molecule has 1 aliphatic carbocycles. The van der Waals surface area contributed by atoms with Crippen molar-refractivity contribution in [2.24, 2.45) is 0 Å².